The predicted octanol–water partition coefficient (Wildman–Crippen LogP) is 3.57. The molecule has 5 rings (SSSR count). The summed E-state index contributed by atoms with van der Waals surface area (Å²) < 4.78 is 0. The number of aromatic nitrogens is 1. The van der Waals surface area contributed by atoms with Crippen molar-refractivity contribution in [2.75, 3.05) is 42.9 Å². The maximum absolute atomic E-state index is 4.47. The quantitative estimate of drug-likeness (QED) is 0.893. The number of rotatable bonds is 2. The molecule has 0 amide bonds. The minimum atomic E-state index is 0.384. The second-order valence-corrected chi connectivity index (χ2v) is 8.62. The highest BCUT2D eigenvalue weighted by Crippen LogP contribution is 2.44. The normalized spacial score (nSPS) is 23.6. The van der Waals surface area contributed by atoms with Gasteiger partial charge >= 0.3 is 0 Å². The molecule has 132 valence electrons. The lowest BCUT2D eigenvalue weighted by Crippen LogP contribution is -2.51. The van der Waals surface area contributed by atoms with Crippen LogP contribution in [0.2, 0.25) is 0 Å². The molecule has 2 aromatic rings. The molecule has 1 N–H and O–H groups in total. The van der Waals surface area contributed by atoms with E-state index in [0.717, 1.165) is 25.7 Å². The standard InChI is InChI=1S/C20H26N4S/c1-2-4-18-17(3-1)20(15-22-18)7-12-23(13-8-20)16-5-10-24(11-6-16)19-21-9-14-25-19/h1-4,9,14,16,22H,5-8,10-13,15H2. The minimum Gasteiger partial charge on any atom is -0.384 e. The van der Waals surface area contributed by atoms with Crippen LogP contribution in [-0.4, -0.2) is 48.6 Å². The molecular weight excluding hydrogens is 328 g/mol. The third kappa shape index (κ3) is 2.74. The Balaban J connectivity index is 1.21. The molecule has 3 aliphatic heterocycles. The molecule has 1 spiro atoms. The number of thiazole rings is 1. The van der Waals surface area contributed by atoms with E-state index in [4.69, 9.17) is 0 Å². The van der Waals surface area contributed by atoms with E-state index in [1.165, 1.54) is 49.6 Å². The first kappa shape index (κ1) is 15.6. The number of likely N-dealkylation sites (tertiary alicyclic amines) is 1. The highest BCUT2D eigenvalue weighted by molar-refractivity contribution is 7.13. The Morgan fingerprint density at radius 1 is 1.08 bits per heavy atom. The molecule has 2 fully saturated rings. The van der Waals surface area contributed by atoms with Crippen molar-refractivity contribution >= 4 is 22.2 Å². The first-order valence-electron chi connectivity index (χ1n) is 9.56. The van der Waals surface area contributed by atoms with Gasteiger partial charge in [0, 0.05) is 48.4 Å². The van der Waals surface area contributed by atoms with Gasteiger partial charge in [0.2, 0.25) is 0 Å². The summed E-state index contributed by atoms with van der Waals surface area (Å²) in [6, 6.07) is 9.70. The molecular formula is C20H26N4S. The van der Waals surface area contributed by atoms with Gasteiger partial charge in [0.05, 0.1) is 0 Å². The van der Waals surface area contributed by atoms with Crippen LogP contribution in [0.4, 0.5) is 10.8 Å². The molecule has 25 heavy (non-hydrogen) atoms. The van der Waals surface area contributed by atoms with E-state index in [0.29, 0.717) is 5.41 Å². The Morgan fingerprint density at radius 3 is 2.64 bits per heavy atom. The van der Waals surface area contributed by atoms with Gasteiger partial charge < -0.3 is 15.1 Å². The maximum atomic E-state index is 4.47. The van der Waals surface area contributed by atoms with E-state index in [2.05, 4.69) is 49.7 Å². The first-order chi connectivity index (χ1) is 12.3. The average molecular weight is 355 g/mol. The van der Waals surface area contributed by atoms with Crippen LogP contribution in [0.3, 0.4) is 0 Å². The number of nitrogens with one attached hydrogen (secondary N) is 1. The Hall–Kier alpha value is -1.59. The lowest BCUT2D eigenvalue weighted by atomic mass is 9.74. The molecule has 3 aliphatic rings. The zero-order valence-corrected chi connectivity index (χ0v) is 15.5. The van der Waals surface area contributed by atoms with Gasteiger partial charge in [-0.25, -0.2) is 4.98 Å². The highest BCUT2D eigenvalue weighted by Gasteiger charge is 2.42. The number of para-hydroxylation sites is 1. The topological polar surface area (TPSA) is 31.4 Å². The Morgan fingerprint density at radius 2 is 1.88 bits per heavy atom. The number of fused-ring (bicyclic) bond motifs is 2. The first-order valence-corrected chi connectivity index (χ1v) is 10.4. The monoisotopic (exact) mass is 354 g/mol. The lowest BCUT2D eigenvalue weighted by Gasteiger charge is -2.45. The summed E-state index contributed by atoms with van der Waals surface area (Å²) in [5, 5.41) is 6.93. The third-order valence-electron chi connectivity index (χ3n) is 6.54. The van der Waals surface area contributed by atoms with E-state index >= 15 is 0 Å². The Kier molecular flexibility index (Phi) is 3.94. The summed E-state index contributed by atoms with van der Waals surface area (Å²) in [5.74, 6) is 0. The molecule has 2 saturated heterocycles. The molecule has 0 aliphatic carbocycles. The molecule has 0 radical (unpaired) electrons. The van der Waals surface area contributed by atoms with Crippen molar-refractivity contribution in [1.82, 2.24) is 9.88 Å². The summed E-state index contributed by atoms with van der Waals surface area (Å²) in [4.78, 5) is 9.70. The van der Waals surface area contributed by atoms with Gasteiger partial charge in [-0.2, -0.15) is 0 Å². The van der Waals surface area contributed by atoms with Crippen LogP contribution in [0.1, 0.15) is 31.2 Å². The molecule has 5 heteroatoms. The summed E-state index contributed by atoms with van der Waals surface area (Å²) in [7, 11) is 0. The SMILES string of the molecule is c1ccc2c(c1)NCC21CCN(C2CCN(c3nccs3)CC2)CC1. The van der Waals surface area contributed by atoms with Crippen molar-refractivity contribution in [2.45, 2.75) is 37.1 Å². The van der Waals surface area contributed by atoms with E-state index in [9.17, 15) is 0 Å². The highest BCUT2D eigenvalue weighted by atomic mass is 32.1. The minimum absolute atomic E-state index is 0.384. The summed E-state index contributed by atoms with van der Waals surface area (Å²) in [6.45, 7) is 5.94. The predicted molar refractivity (Wildman–Crippen MR) is 105 cm³/mol. The Bertz CT molecular complexity index is 713. The van der Waals surface area contributed by atoms with Crippen LogP contribution in [-0.2, 0) is 5.41 Å². The fourth-order valence-corrected chi connectivity index (χ4v) is 5.71. The van der Waals surface area contributed by atoms with Gasteiger partial charge in [-0.3, -0.25) is 0 Å². The molecule has 4 nitrogen and oxygen atoms in total. The molecule has 4 heterocycles. The van der Waals surface area contributed by atoms with Gasteiger partial charge in [0.1, 0.15) is 0 Å². The van der Waals surface area contributed by atoms with Crippen LogP contribution >= 0.6 is 11.3 Å². The van der Waals surface area contributed by atoms with Crippen LogP contribution in [0.25, 0.3) is 0 Å². The number of piperidine rings is 2. The second-order valence-electron chi connectivity index (χ2n) is 7.75. The number of hydrogen-bond donors (Lipinski definition) is 1. The van der Waals surface area contributed by atoms with Crippen LogP contribution in [0.15, 0.2) is 35.8 Å². The van der Waals surface area contributed by atoms with E-state index in [1.807, 2.05) is 6.20 Å². The number of hydrogen-bond acceptors (Lipinski definition) is 5. The van der Waals surface area contributed by atoms with Crippen LogP contribution in [0.5, 0.6) is 0 Å². The van der Waals surface area contributed by atoms with Crippen molar-refractivity contribution in [3.63, 3.8) is 0 Å². The van der Waals surface area contributed by atoms with Gasteiger partial charge in [-0.05, 0) is 50.4 Å². The third-order valence-corrected chi connectivity index (χ3v) is 7.37. The molecule has 0 atom stereocenters. The fraction of sp³-hybridized carbons (Fsp3) is 0.550. The lowest BCUT2D eigenvalue weighted by molar-refractivity contribution is 0.106. The number of benzene rings is 1. The van der Waals surface area contributed by atoms with Gasteiger partial charge in [0.15, 0.2) is 5.13 Å². The van der Waals surface area contributed by atoms with E-state index in [-0.39, 0.29) is 0 Å². The Labute approximate surface area is 153 Å². The average Bonchev–Trinajstić information content (AvgIpc) is 3.33. The molecule has 0 saturated carbocycles. The zero-order valence-electron chi connectivity index (χ0n) is 14.7. The smallest absolute Gasteiger partial charge is 0.185 e. The van der Waals surface area contributed by atoms with Gasteiger partial charge in [0.25, 0.3) is 0 Å². The van der Waals surface area contributed by atoms with Crippen molar-refractivity contribution in [1.29, 1.82) is 0 Å². The van der Waals surface area contributed by atoms with Crippen molar-refractivity contribution in [2.24, 2.45) is 0 Å². The summed E-state index contributed by atoms with van der Waals surface area (Å²) in [6.07, 6.45) is 7.07. The van der Waals surface area contributed by atoms with E-state index < -0.39 is 0 Å². The van der Waals surface area contributed by atoms with Crippen LogP contribution in [0, 0.1) is 0 Å². The van der Waals surface area contributed by atoms with Crippen molar-refractivity contribution in [3.8, 4) is 0 Å². The zero-order chi connectivity index (χ0) is 16.7. The summed E-state index contributed by atoms with van der Waals surface area (Å²) in [5.41, 5.74) is 3.32. The van der Waals surface area contributed by atoms with E-state index in [1.54, 1.807) is 16.9 Å². The second kappa shape index (κ2) is 6.29. The number of nitrogens with zero attached hydrogens (tertiary/aromatic N) is 3. The fourth-order valence-electron chi connectivity index (χ4n) is 5.02. The van der Waals surface area contributed by atoms with Crippen molar-refractivity contribution < 1.29 is 0 Å². The maximum Gasteiger partial charge on any atom is 0.185 e. The molecule has 1 aromatic carbocycles. The van der Waals surface area contributed by atoms with Crippen molar-refractivity contribution in [3.05, 3.63) is 41.4 Å². The molecule has 0 unspecified atom stereocenters. The summed E-state index contributed by atoms with van der Waals surface area (Å²) >= 11 is 1.77. The van der Waals surface area contributed by atoms with Gasteiger partial charge in [-0.1, -0.05) is 18.2 Å². The van der Waals surface area contributed by atoms with Crippen LogP contribution < -0.4 is 10.2 Å². The number of anilines is 2. The largest absolute Gasteiger partial charge is 0.384 e. The molecule has 1 aromatic heterocycles. The molecule has 0 bridgehead atoms. The van der Waals surface area contributed by atoms with Gasteiger partial charge in [-0.15, -0.1) is 11.3 Å².